The second kappa shape index (κ2) is 8.52. The van der Waals surface area contributed by atoms with Gasteiger partial charge < -0.3 is 5.32 Å². The lowest BCUT2D eigenvalue weighted by Gasteiger charge is -2.26. The predicted octanol–water partition coefficient (Wildman–Crippen LogP) is 1.81. The number of thiophene rings is 1. The maximum Gasteiger partial charge on any atom is 0.251 e. The molecule has 1 aliphatic rings. The molecular weight excluding hydrogens is 434 g/mol. The van der Waals surface area contributed by atoms with Gasteiger partial charge in [-0.25, -0.2) is 22.0 Å². The summed E-state index contributed by atoms with van der Waals surface area (Å²) in [6.45, 7) is 2.82. The number of sulfonamides is 2. The van der Waals surface area contributed by atoms with E-state index < -0.39 is 26.0 Å². The Hall–Kier alpha value is -1.79. The van der Waals surface area contributed by atoms with Gasteiger partial charge in [0, 0.05) is 23.5 Å². The Kier molecular flexibility index (Phi) is 6.44. The smallest absolute Gasteiger partial charge is 0.251 e. The average Bonchev–Trinajstić information content (AvgIpc) is 3.16. The van der Waals surface area contributed by atoms with Gasteiger partial charge >= 0.3 is 0 Å². The summed E-state index contributed by atoms with van der Waals surface area (Å²) in [5, 5.41) is 7.80. The highest BCUT2D eigenvalue weighted by atomic mass is 32.2. The Morgan fingerprint density at radius 1 is 1.10 bits per heavy atom. The van der Waals surface area contributed by atoms with Crippen LogP contribution in [0.5, 0.6) is 0 Å². The average molecular weight is 458 g/mol. The van der Waals surface area contributed by atoms with Crippen molar-refractivity contribution < 1.29 is 21.6 Å². The van der Waals surface area contributed by atoms with Gasteiger partial charge in [0.2, 0.25) is 20.0 Å². The van der Waals surface area contributed by atoms with Crippen molar-refractivity contribution in [2.75, 3.05) is 13.1 Å². The van der Waals surface area contributed by atoms with E-state index in [1.807, 2.05) is 0 Å². The molecule has 2 heterocycles. The third kappa shape index (κ3) is 5.04. The zero-order valence-corrected chi connectivity index (χ0v) is 18.4. The van der Waals surface area contributed by atoms with Gasteiger partial charge in [-0.3, -0.25) is 4.79 Å². The van der Waals surface area contributed by atoms with Crippen molar-refractivity contribution in [2.45, 2.75) is 41.8 Å². The third-order valence-electron chi connectivity index (χ3n) is 4.75. The zero-order chi connectivity index (χ0) is 21.2. The standard InChI is InChI=1S/C18H23N3O5S3/c1-13-5-7-15(29(25,26)21-9-3-2-4-10-21)11-16(13)18(22)20-12-14-6-8-17(27-14)28(19,23)24/h5-8,11H,2-4,9-10,12H2,1H3,(H,20,22)(H2,19,23,24). The lowest BCUT2D eigenvalue weighted by molar-refractivity contribution is 0.0950. The van der Waals surface area contributed by atoms with Gasteiger partial charge in [-0.1, -0.05) is 12.5 Å². The van der Waals surface area contributed by atoms with Crippen LogP contribution in [0.1, 0.15) is 40.1 Å². The van der Waals surface area contributed by atoms with Gasteiger partial charge in [0.15, 0.2) is 0 Å². The Morgan fingerprint density at radius 2 is 1.79 bits per heavy atom. The molecule has 0 spiro atoms. The van der Waals surface area contributed by atoms with Crippen molar-refractivity contribution in [2.24, 2.45) is 5.14 Å². The molecule has 0 atom stereocenters. The van der Waals surface area contributed by atoms with Crippen molar-refractivity contribution >= 4 is 37.3 Å². The summed E-state index contributed by atoms with van der Waals surface area (Å²) in [6, 6.07) is 7.51. The summed E-state index contributed by atoms with van der Waals surface area (Å²) in [4.78, 5) is 13.4. The fourth-order valence-electron chi connectivity index (χ4n) is 3.13. The topological polar surface area (TPSA) is 127 Å². The van der Waals surface area contributed by atoms with E-state index in [1.165, 1.54) is 22.5 Å². The summed E-state index contributed by atoms with van der Waals surface area (Å²) in [7, 11) is -7.42. The number of nitrogens with one attached hydrogen (secondary N) is 1. The number of benzene rings is 1. The quantitative estimate of drug-likeness (QED) is 0.684. The maximum atomic E-state index is 12.9. The molecule has 158 valence electrons. The van der Waals surface area contributed by atoms with Gasteiger partial charge in [-0.05, 0) is 49.6 Å². The number of amides is 1. The van der Waals surface area contributed by atoms with Crippen molar-refractivity contribution in [1.82, 2.24) is 9.62 Å². The minimum atomic E-state index is -3.78. The Morgan fingerprint density at radius 3 is 2.41 bits per heavy atom. The first-order chi connectivity index (χ1) is 13.6. The largest absolute Gasteiger partial charge is 0.347 e. The van der Waals surface area contributed by atoms with Crippen LogP contribution in [0.4, 0.5) is 0 Å². The van der Waals surface area contributed by atoms with Crippen LogP contribution in [-0.2, 0) is 26.6 Å². The number of carbonyl (C=O) groups excluding carboxylic acids is 1. The number of rotatable bonds is 6. The van der Waals surface area contributed by atoms with Crippen LogP contribution >= 0.6 is 11.3 Å². The van der Waals surface area contributed by atoms with E-state index in [-0.39, 0.29) is 21.2 Å². The number of hydrogen-bond donors (Lipinski definition) is 2. The SMILES string of the molecule is Cc1ccc(S(=O)(=O)N2CCCCC2)cc1C(=O)NCc1ccc(S(N)(=O)=O)s1. The number of piperidine rings is 1. The highest BCUT2D eigenvalue weighted by Crippen LogP contribution is 2.23. The summed E-state index contributed by atoms with van der Waals surface area (Å²) in [5.41, 5.74) is 0.919. The molecule has 1 saturated heterocycles. The molecule has 1 amide bonds. The van der Waals surface area contributed by atoms with Crippen molar-refractivity contribution in [3.05, 3.63) is 46.3 Å². The zero-order valence-electron chi connectivity index (χ0n) is 15.9. The molecular formula is C18H23N3O5S3. The molecule has 0 unspecified atom stereocenters. The lowest BCUT2D eigenvalue weighted by Crippen LogP contribution is -2.35. The molecule has 1 aliphatic heterocycles. The van der Waals surface area contributed by atoms with Crippen LogP contribution in [0.15, 0.2) is 39.4 Å². The highest BCUT2D eigenvalue weighted by Gasteiger charge is 2.27. The molecule has 1 aromatic carbocycles. The lowest BCUT2D eigenvalue weighted by atomic mass is 10.1. The molecule has 11 heteroatoms. The summed E-state index contributed by atoms with van der Waals surface area (Å²) < 4.78 is 49.9. The minimum absolute atomic E-state index is 0.0209. The first-order valence-electron chi connectivity index (χ1n) is 9.09. The summed E-state index contributed by atoms with van der Waals surface area (Å²) in [6.07, 6.45) is 2.68. The van der Waals surface area contributed by atoms with Gasteiger partial charge in [0.1, 0.15) is 4.21 Å². The van der Waals surface area contributed by atoms with Crippen molar-refractivity contribution in [3.63, 3.8) is 0 Å². The summed E-state index contributed by atoms with van der Waals surface area (Å²) in [5.74, 6) is -0.427. The predicted molar refractivity (Wildman–Crippen MR) is 111 cm³/mol. The molecule has 0 bridgehead atoms. The number of aryl methyl sites for hydroxylation is 1. The highest BCUT2D eigenvalue weighted by molar-refractivity contribution is 7.91. The second-order valence-electron chi connectivity index (χ2n) is 6.89. The van der Waals surface area contributed by atoms with Gasteiger partial charge in [-0.15, -0.1) is 11.3 Å². The molecule has 1 fully saturated rings. The number of nitrogens with two attached hydrogens (primary N) is 1. The Bertz CT molecular complexity index is 1120. The Balaban J connectivity index is 1.77. The first-order valence-corrected chi connectivity index (χ1v) is 12.9. The molecule has 3 rings (SSSR count). The van der Waals surface area contributed by atoms with E-state index in [9.17, 15) is 21.6 Å². The van der Waals surface area contributed by atoms with Crippen molar-refractivity contribution in [3.8, 4) is 0 Å². The van der Waals surface area contributed by atoms with Crippen LogP contribution in [0.2, 0.25) is 0 Å². The van der Waals surface area contributed by atoms with Gasteiger partial charge in [0.25, 0.3) is 5.91 Å². The van der Waals surface area contributed by atoms with E-state index in [0.717, 1.165) is 30.6 Å². The van der Waals surface area contributed by atoms with E-state index in [1.54, 1.807) is 19.1 Å². The molecule has 0 aliphatic carbocycles. The second-order valence-corrected chi connectivity index (χ2v) is 11.8. The third-order valence-corrected chi connectivity index (χ3v) is 9.17. The molecule has 0 radical (unpaired) electrons. The first kappa shape index (κ1) is 21.9. The van der Waals surface area contributed by atoms with E-state index in [2.05, 4.69) is 5.32 Å². The van der Waals surface area contributed by atoms with Crippen molar-refractivity contribution in [1.29, 1.82) is 0 Å². The van der Waals surface area contributed by atoms with Gasteiger partial charge in [-0.2, -0.15) is 4.31 Å². The molecule has 1 aromatic heterocycles. The normalized spacial score (nSPS) is 15.9. The molecule has 0 saturated carbocycles. The molecule has 8 nitrogen and oxygen atoms in total. The fourth-order valence-corrected chi connectivity index (χ4v) is 6.39. The van der Waals surface area contributed by atoms with Crippen LogP contribution < -0.4 is 10.5 Å². The Labute approximate surface area is 174 Å². The minimum Gasteiger partial charge on any atom is -0.347 e. The van der Waals surface area contributed by atoms with Crippen LogP contribution in [0, 0.1) is 6.92 Å². The number of hydrogen-bond acceptors (Lipinski definition) is 6. The molecule has 29 heavy (non-hydrogen) atoms. The van der Waals surface area contributed by atoms with Gasteiger partial charge in [0.05, 0.1) is 11.4 Å². The van der Waals surface area contributed by atoms with Crippen LogP contribution in [-0.4, -0.2) is 40.1 Å². The van der Waals surface area contributed by atoms with E-state index >= 15 is 0 Å². The van der Waals surface area contributed by atoms with Crippen LogP contribution in [0.25, 0.3) is 0 Å². The fraction of sp³-hybridized carbons (Fsp3) is 0.389. The summed E-state index contributed by atoms with van der Waals surface area (Å²) >= 11 is 0.977. The van der Waals surface area contributed by atoms with Crippen LogP contribution in [0.3, 0.4) is 0 Å². The number of carbonyl (C=O) groups is 1. The number of nitrogens with zero attached hydrogens (tertiary/aromatic N) is 1. The molecule has 3 N–H and O–H groups in total. The van der Waals surface area contributed by atoms with E-state index in [4.69, 9.17) is 5.14 Å². The molecule has 2 aromatic rings. The maximum absolute atomic E-state index is 12.9. The van der Waals surface area contributed by atoms with E-state index in [0.29, 0.717) is 23.5 Å². The monoisotopic (exact) mass is 457 g/mol. The number of primary sulfonamides is 1.